The molecule has 1 N–H and O–H groups in total. The number of alkyl halides is 3. The van der Waals surface area contributed by atoms with Crippen LogP contribution in [0.25, 0.3) is 0 Å². The van der Waals surface area contributed by atoms with Crippen LogP contribution in [0.1, 0.15) is 40.2 Å². The van der Waals surface area contributed by atoms with Crippen molar-refractivity contribution in [2.45, 2.75) is 38.0 Å². The summed E-state index contributed by atoms with van der Waals surface area (Å²) in [6.45, 7) is 2.28. The van der Waals surface area contributed by atoms with E-state index in [1.807, 2.05) is 4.90 Å². The van der Waals surface area contributed by atoms with E-state index < -0.39 is 35.3 Å². The molecule has 9 nitrogen and oxygen atoms in total. The molecule has 2 aromatic heterocycles. The molecule has 1 unspecified atom stereocenters. The SMILES string of the molecule is O=C(Cc1ccc(N2CCN(C(=O)Cc3ccccc3F)CC2)nc1)c1oc(N2CCCC(O)C2)nc1C(F)(F)F. The van der Waals surface area contributed by atoms with E-state index in [1.54, 1.807) is 35.2 Å². The van der Waals surface area contributed by atoms with Crippen molar-refractivity contribution in [1.29, 1.82) is 0 Å². The second-order valence-corrected chi connectivity index (χ2v) is 10.2. The lowest BCUT2D eigenvalue weighted by molar-refractivity contribution is -0.141. The normalized spacial score (nSPS) is 18.1. The first-order valence-corrected chi connectivity index (χ1v) is 13.3. The van der Waals surface area contributed by atoms with Gasteiger partial charge in [-0.25, -0.2) is 9.37 Å². The van der Waals surface area contributed by atoms with Gasteiger partial charge in [0.15, 0.2) is 5.69 Å². The minimum atomic E-state index is -4.89. The molecule has 1 atom stereocenters. The van der Waals surface area contributed by atoms with Crippen LogP contribution >= 0.6 is 0 Å². The third kappa shape index (κ3) is 6.67. The van der Waals surface area contributed by atoms with Crippen LogP contribution < -0.4 is 9.80 Å². The molecule has 41 heavy (non-hydrogen) atoms. The number of ketones is 1. The van der Waals surface area contributed by atoms with Gasteiger partial charge in [-0.3, -0.25) is 9.59 Å². The molecule has 0 spiro atoms. The highest BCUT2D eigenvalue weighted by atomic mass is 19.4. The van der Waals surface area contributed by atoms with E-state index in [0.717, 1.165) is 0 Å². The Bertz CT molecular complexity index is 1390. The quantitative estimate of drug-likeness (QED) is 0.338. The summed E-state index contributed by atoms with van der Waals surface area (Å²) in [4.78, 5) is 38.5. The van der Waals surface area contributed by atoms with Crippen molar-refractivity contribution in [3.8, 4) is 0 Å². The summed E-state index contributed by atoms with van der Waals surface area (Å²) in [5.74, 6) is -1.73. The molecular formula is C28H29F4N5O4. The van der Waals surface area contributed by atoms with E-state index in [9.17, 15) is 32.3 Å². The number of anilines is 2. The zero-order valence-electron chi connectivity index (χ0n) is 22.1. The van der Waals surface area contributed by atoms with Gasteiger partial charge in [0.25, 0.3) is 6.01 Å². The molecule has 2 saturated heterocycles. The van der Waals surface area contributed by atoms with Gasteiger partial charge in [0, 0.05) is 51.9 Å². The second kappa shape index (κ2) is 11.9. The highest BCUT2D eigenvalue weighted by Crippen LogP contribution is 2.35. The Balaban J connectivity index is 1.20. The van der Waals surface area contributed by atoms with Crippen LogP contribution in [0.4, 0.5) is 29.4 Å². The van der Waals surface area contributed by atoms with Crippen LogP contribution in [-0.4, -0.2) is 77.0 Å². The fourth-order valence-electron chi connectivity index (χ4n) is 5.03. The molecule has 1 aromatic carbocycles. The number of hydrogen-bond donors (Lipinski definition) is 1. The Morgan fingerprint density at radius 2 is 1.76 bits per heavy atom. The number of aromatic nitrogens is 2. The number of hydrogen-bond acceptors (Lipinski definition) is 8. The average Bonchev–Trinajstić information content (AvgIpc) is 3.42. The Morgan fingerprint density at radius 1 is 1.00 bits per heavy atom. The highest BCUT2D eigenvalue weighted by Gasteiger charge is 2.42. The lowest BCUT2D eigenvalue weighted by atomic mass is 10.1. The highest BCUT2D eigenvalue weighted by molar-refractivity contribution is 5.96. The van der Waals surface area contributed by atoms with Gasteiger partial charge < -0.3 is 24.2 Å². The number of β-amino-alcohol motifs (C(OH)–C–C–N with tert-alkyl or cyclic N) is 1. The summed E-state index contributed by atoms with van der Waals surface area (Å²) < 4.78 is 60.2. The Labute approximate surface area is 233 Å². The molecule has 218 valence electrons. The Kier molecular flexibility index (Phi) is 8.25. The Hall–Kier alpha value is -4.00. The van der Waals surface area contributed by atoms with Crippen LogP contribution in [0, 0.1) is 5.82 Å². The third-order valence-electron chi connectivity index (χ3n) is 7.23. The number of oxazole rings is 1. The number of carbonyl (C=O) groups excluding carboxylic acids is 2. The maximum Gasteiger partial charge on any atom is 0.437 e. The zero-order valence-corrected chi connectivity index (χ0v) is 22.1. The van der Waals surface area contributed by atoms with Crippen molar-refractivity contribution < 1.29 is 36.7 Å². The van der Waals surface area contributed by atoms with Crippen LogP contribution in [0.2, 0.25) is 0 Å². The molecule has 2 aliphatic heterocycles. The van der Waals surface area contributed by atoms with Gasteiger partial charge in [-0.05, 0) is 36.1 Å². The van der Waals surface area contributed by atoms with Crippen LogP contribution in [0.15, 0.2) is 47.0 Å². The third-order valence-corrected chi connectivity index (χ3v) is 7.23. The Morgan fingerprint density at radius 3 is 2.41 bits per heavy atom. The van der Waals surface area contributed by atoms with Crippen LogP contribution in [0.5, 0.6) is 0 Å². The van der Waals surface area contributed by atoms with Gasteiger partial charge in [-0.1, -0.05) is 24.3 Å². The number of pyridine rings is 1. The van der Waals surface area contributed by atoms with Crippen LogP contribution in [-0.2, 0) is 23.8 Å². The fraction of sp³-hybridized carbons (Fsp3) is 0.429. The van der Waals surface area contributed by atoms with E-state index in [-0.39, 0.29) is 31.3 Å². The van der Waals surface area contributed by atoms with E-state index in [4.69, 9.17) is 4.42 Å². The fourth-order valence-corrected chi connectivity index (χ4v) is 5.03. The summed E-state index contributed by atoms with van der Waals surface area (Å²) in [7, 11) is 0. The van der Waals surface area contributed by atoms with Gasteiger partial charge >= 0.3 is 6.18 Å². The first-order valence-electron chi connectivity index (χ1n) is 13.3. The number of piperidine rings is 1. The maximum atomic E-state index is 13.9. The predicted molar refractivity (Wildman–Crippen MR) is 140 cm³/mol. The van der Waals surface area contributed by atoms with Gasteiger partial charge in [-0.2, -0.15) is 18.2 Å². The van der Waals surface area contributed by atoms with Gasteiger partial charge in [0.2, 0.25) is 17.5 Å². The van der Waals surface area contributed by atoms with Crippen molar-refractivity contribution in [3.63, 3.8) is 0 Å². The number of carbonyl (C=O) groups is 2. The van der Waals surface area contributed by atoms with Gasteiger partial charge in [0.05, 0.1) is 12.5 Å². The molecule has 4 heterocycles. The first kappa shape index (κ1) is 28.5. The monoisotopic (exact) mass is 575 g/mol. The van der Waals surface area contributed by atoms with E-state index in [1.165, 1.54) is 17.2 Å². The summed E-state index contributed by atoms with van der Waals surface area (Å²) >= 11 is 0. The summed E-state index contributed by atoms with van der Waals surface area (Å²) in [6.07, 6.45) is -3.47. The molecule has 0 saturated carbocycles. The number of piperazine rings is 1. The number of benzene rings is 1. The van der Waals surface area contributed by atoms with E-state index in [0.29, 0.717) is 62.5 Å². The number of aliphatic hydroxyl groups excluding tert-OH is 1. The summed E-state index contributed by atoms with van der Waals surface area (Å²) in [5, 5.41) is 9.86. The number of aliphatic hydroxyl groups is 1. The van der Waals surface area contributed by atoms with Crippen LogP contribution in [0.3, 0.4) is 0 Å². The summed E-state index contributed by atoms with van der Waals surface area (Å²) in [6, 6.07) is 9.12. The number of Topliss-reactive ketones (excluding diaryl/α,β-unsaturated/α-hetero) is 1. The largest absolute Gasteiger partial charge is 0.437 e. The molecule has 2 aliphatic rings. The smallest absolute Gasteiger partial charge is 0.420 e. The zero-order chi connectivity index (χ0) is 29.1. The molecule has 0 aliphatic carbocycles. The van der Waals surface area contributed by atoms with Crippen molar-refractivity contribution in [2.75, 3.05) is 49.1 Å². The number of nitrogens with zero attached hydrogens (tertiary/aromatic N) is 5. The minimum Gasteiger partial charge on any atom is -0.420 e. The standard InChI is InChI=1S/C28H29F4N5O4/c29-21-6-2-1-4-19(21)15-24(40)36-12-10-35(11-13-36)23-8-7-18(16-33-23)14-22(39)25-26(28(30,31)32)34-27(41-25)37-9-3-5-20(38)17-37/h1-2,4,6-8,16,20,38H,3,5,9-15,17H2. The van der Waals surface area contributed by atoms with Crippen molar-refractivity contribution >= 4 is 23.5 Å². The topological polar surface area (TPSA) is 103 Å². The second-order valence-electron chi connectivity index (χ2n) is 10.2. The number of amides is 1. The molecule has 0 bridgehead atoms. The molecule has 3 aromatic rings. The first-order chi connectivity index (χ1) is 19.6. The molecule has 1 amide bonds. The minimum absolute atomic E-state index is 0.0175. The molecule has 0 radical (unpaired) electrons. The van der Waals surface area contributed by atoms with Crippen molar-refractivity contribution in [3.05, 3.63) is 71.0 Å². The molecular weight excluding hydrogens is 546 g/mol. The molecule has 5 rings (SSSR count). The van der Waals surface area contributed by atoms with E-state index in [2.05, 4.69) is 9.97 Å². The number of halogens is 4. The number of rotatable bonds is 7. The lowest BCUT2D eigenvalue weighted by Gasteiger charge is -2.35. The lowest BCUT2D eigenvalue weighted by Crippen LogP contribution is -2.49. The average molecular weight is 576 g/mol. The van der Waals surface area contributed by atoms with E-state index >= 15 is 0 Å². The van der Waals surface area contributed by atoms with Gasteiger partial charge in [-0.15, -0.1) is 0 Å². The summed E-state index contributed by atoms with van der Waals surface area (Å²) in [5.41, 5.74) is -0.637. The maximum absolute atomic E-state index is 13.9. The van der Waals surface area contributed by atoms with Crippen molar-refractivity contribution in [1.82, 2.24) is 14.9 Å². The molecule has 13 heteroatoms. The predicted octanol–water partition coefficient (Wildman–Crippen LogP) is 3.51. The molecule has 2 fully saturated rings. The van der Waals surface area contributed by atoms with Gasteiger partial charge in [0.1, 0.15) is 11.6 Å². The van der Waals surface area contributed by atoms with Crippen molar-refractivity contribution in [2.24, 2.45) is 0 Å².